The number of para-hydroxylation sites is 1. The van der Waals surface area contributed by atoms with Gasteiger partial charge in [-0.05, 0) is 40.6 Å². The lowest BCUT2D eigenvalue weighted by Gasteiger charge is -2.09. The fourth-order valence-electron chi connectivity index (χ4n) is 2.17. The molecule has 0 radical (unpaired) electrons. The summed E-state index contributed by atoms with van der Waals surface area (Å²) in [7, 11) is 0. The molecule has 1 aromatic heterocycles. The zero-order valence-corrected chi connectivity index (χ0v) is 12.2. The second-order valence-electron chi connectivity index (χ2n) is 4.79. The molecular weight excluding hydrogens is 286 g/mol. The summed E-state index contributed by atoms with van der Waals surface area (Å²) in [5.74, 6) is 0.635. The van der Waals surface area contributed by atoms with E-state index in [2.05, 4.69) is 15.5 Å². The molecule has 0 unspecified atom stereocenters. The summed E-state index contributed by atoms with van der Waals surface area (Å²) in [6.45, 7) is 2.45. The smallest absolute Gasteiger partial charge is 0.184 e. The summed E-state index contributed by atoms with van der Waals surface area (Å²) >= 11 is 6.19. The van der Waals surface area contributed by atoms with Gasteiger partial charge in [-0.15, -0.1) is 5.10 Å². The minimum absolute atomic E-state index is 0.495. The Hall–Kier alpha value is -2.40. The first kappa shape index (κ1) is 13.6. The van der Waals surface area contributed by atoms with Gasteiger partial charge < -0.3 is 5.73 Å². The quantitative estimate of drug-likeness (QED) is 0.755. The molecule has 0 spiro atoms. The lowest BCUT2D eigenvalue weighted by atomic mass is 10.1. The molecule has 5 nitrogen and oxygen atoms in total. The average molecular weight is 300 g/mol. The van der Waals surface area contributed by atoms with Crippen LogP contribution in [0.25, 0.3) is 11.4 Å². The highest BCUT2D eigenvalue weighted by Gasteiger charge is 2.14. The van der Waals surface area contributed by atoms with Gasteiger partial charge in [0.25, 0.3) is 0 Å². The molecule has 0 aliphatic rings. The van der Waals surface area contributed by atoms with Gasteiger partial charge in [0, 0.05) is 16.3 Å². The van der Waals surface area contributed by atoms with Crippen molar-refractivity contribution in [3.05, 3.63) is 58.6 Å². The Bertz CT molecular complexity index is 781. The monoisotopic (exact) mass is 299 g/mol. The third kappa shape index (κ3) is 2.60. The number of rotatable bonds is 3. The molecule has 2 N–H and O–H groups in total. The molecule has 0 amide bonds. The number of hydrogen-bond acceptors (Lipinski definition) is 4. The van der Waals surface area contributed by atoms with Gasteiger partial charge in [0.1, 0.15) is 0 Å². The number of nitrogen functional groups attached to an aromatic ring is 1. The lowest BCUT2D eigenvalue weighted by molar-refractivity contribution is 0.653. The largest absolute Gasteiger partial charge is 0.398 e. The molecular formula is C15H14ClN5. The van der Waals surface area contributed by atoms with E-state index in [-0.39, 0.29) is 0 Å². The summed E-state index contributed by atoms with van der Waals surface area (Å²) < 4.78 is 1.70. The standard InChI is InChI=1S/C15H14ClN5/c1-10-5-4-7-12(14(10)17)15-18-19-20-21(15)9-11-6-2-3-8-13(11)16/h2-8H,9,17H2,1H3. The summed E-state index contributed by atoms with van der Waals surface area (Å²) in [6, 6.07) is 13.4. The highest BCUT2D eigenvalue weighted by molar-refractivity contribution is 6.31. The first-order valence-electron chi connectivity index (χ1n) is 6.52. The zero-order valence-electron chi connectivity index (χ0n) is 11.5. The van der Waals surface area contributed by atoms with Gasteiger partial charge in [0.05, 0.1) is 6.54 Å². The second kappa shape index (κ2) is 5.54. The first-order chi connectivity index (χ1) is 10.2. The second-order valence-corrected chi connectivity index (χ2v) is 5.19. The van der Waals surface area contributed by atoms with Crippen LogP contribution < -0.4 is 5.73 Å². The van der Waals surface area contributed by atoms with Crippen molar-refractivity contribution in [1.82, 2.24) is 20.2 Å². The Balaban J connectivity index is 2.02. The molecule has 3 aromatic rings. The van der Waals surface area contributed by atoms with Gasteiger partial charge in [-0.25, -0.2) is 4.68 Å². The number of aromatic nitrogens is 4. The molecule has 0 aliphatic carbocycles. The van der Waals surface area contributed by atoms with Crippen LogP contribution in [0.2, 0.25) is 5.02 Å². The lowest BCUT2D eigenvalue weighted by Crippen LogP contribution is -2.06. The van der Waals surface area contributed by atoms with Crippen LogP contribution in [-0.2, 0) is 6.54 Å². The number of aryl methyl sites for hydroxylation is 1. The Morgan fingerprint density at radius 3 is 2.76 bits per heavy atom. The molecule has 0 atom stereocenters. The minimum Gasteiger partial charge on any atom is -0.398 e. The average Bonchev–Trinajstić information content (AvgIpc) is 2.92. The van der Waals surface area contributed by atoms with Crippen LogP contribution in [-0.4, -0.2) is 20.2 Å². The summed E-state index contributed by atoms with van der Waals surface area (Å²) in [5, 5.41) is 12.6. The fraction of sp³-hybridized carbons (Fsp3) is 0.133. The molecule has 106 valence electrons. The van der Waals surface area contributed by atoms with E-state index in [1.165, 1.54) is 0 Å². The molecule has 0 saturated carbocycles. The number of benzene rings is 2. The van der Waals surface area contributed by atoms with Gasteiger partial charge in [-0.2, -0.15) is 0 Å². The summed E-state index contributed by atoms with van der Waals surface area (Å²) in [5.41, 5.74) is 9.60. The maximum atomic E-state index is 6.19. The maximum Gasteiger partial charge on any atom is 0.184 e. The number of nitrogens with zero attached hydrogens (tertiary/aromatic N) is 4. The van der Waals surface area contributed by atoms with Gasteiger partial charge in [0.15, 0.2) is 5.82 Å². The van der Waals surface area contributed by atoms with Crippen molar-refractivity contribution in [2.24, 2.45) is 0 Å². The van der Waals surface area contributed by atoms with Crippen molar-refractivity contribution in [1.29, 1.82) is 0 Å². The highest BCUT2D eigenvalue weighted by atomic mass is 35.5. The first-order valence-corrected chi connectivity index (χ1v) is 6.89. The number of tetrazole rings is 1. The van der Waals surface area contributed by atoms with Crippen LogP contribution in [0, 0.1) is 6.92 Å². The molecule has 0 fully saturated rings. The Kier molecular flexibility index (Phi) is 3.58. The molecule has 0 bridgehead atoms. The van der Waals surface area contributed by atoms with Gasteiger partial charge in [-0.3, -0.25) is 0 Å². The van der Waals surface area contributed by atoms with Gasteiger partial charge >= 0.3 is 0 Å². The number of anilines is 1. The van der Waals surface area contributed by atoms with Crippen LogP contribution in [0.3, 0.4) is 0 Å². The van der Waals surface area contributed by atoms with Crippen molar-refractivity contribution in [3.8, 4) is 11.4 Å². The molecule has 21 heavy (non-hydrogen) atoms. The van der Waals surface area contributed by atoms with E-state index in [0.29, 0.717) is 23.1 Å². The molecule has 3 rings (SSSR count). The third-order valence-corrected chi connectivity index (χ3v) is 3.74. The minimum atomic E-state index is 0.495. The van der Waals surface area contributed by atoms with E-state index in [1.54, 1.807) is 4.68 Å². The molecule has 0 aliphatic heterocycles. The Labute approximate surface area is 127 Å². The number of nitrogens with two attached hydrogens (primary N) is 1. The van der Waals surface area contributed by atoms with Crippen LogP contribution >= 0.6 is 11.6 Å². The van der Waals surface area contributed by atoms with E-state index in [1.807, 2.05) is 49.4 Å². The number of hydrogen-bond donors (Lipinski definition) is 1. The van der Waals surface area contributed by atoms with E-state index in [9.17, 15) is 0 Å². The van der Waals surface area contributed by atoms with Crippen molar-refractivity contribution >= 4 is 17.3 Å². The molecule has 2 aromatic carbocycles. The number of halogens is 1. The summed E-state index contributed by atoms with van der Waals surface area (Å²) in [4.78, 5) is 0. The maximum absolute atomic E-state index is 6.19. The zero-order chi connectivity index (χ0) is 14.8. The van der Waals surface area contributed by atoms with E-state index in [4.69, 9.17) is 17.3 Å². The fourth-order valence-corrected chi connectivity index (χ4v) is 2.36. The van der Waals surface area contributed by atoms with E-state index in [0.717, 1.165) is 16.7 Å². The predicted molar refractivity (Wildman–Crippen MR) is 83.0 cm³/mol. The van der Waals surface area contributed by atoms with Gasteiger partial charge in [0.2, 0.25) is 0 Å². The third-order valence-electron chi connectivity index (χ3n) is 3.37. The normalized spacial score (nSPS) is 10.8. The van der Waals surface area contributed by atoms with E-state index < -0.39 is 0 Å². The highest BCUT2D eigenvalue weighted by Crippen LogP contribution is 2.27. The Morgan fingerprint density at radius 1 is 1.14 bits per heavy atom. The van der Waals surface area contributed by atoms with Crippen molar-refractivity contribution in [2.75, 3.05) is 5.73 Å². The van der Waals surface area contributed by atoms with Crippen LogP contribution in [0.1, 0.15) is 11.1 Å². The Morgan fingerprint density at radius 2 is 1.95 bits per heavy atom. The van der Waals surface area contributed by atoms with Gasteiger partial charge in [-0.1, -0.05) is 41.9 Å². The predicted octanol–water partition coefficient (Wildman–Crippen LogP) is 2.93. The van der Waals surface area contributed by atoms with E-state index >= 15 is 0 Å². The summed E-state index contributed by atoms with van der Waals surface area (Å²) in [6.07, 6.45) is 0. The van der Waals surface area contributed by atoms with Crippen LogP contribution in [0.4, 0.5) is 5.69 Å². The topological polar surface area (TPSA) is 69.6 Å². The van der Waals surface area contributed by atoms with Crippen molar-refractivity contribution in [3.63, 3.8) is 0 Å². The SMILES string of the molecule is Cc1cccc(-c2nnnn2Cc2ccccc2Cl)c1N. The molecule has 0 saturated heterocycles. The van der Waals surface area contributed by atoms with Crippen LogP contribution in [0.5, 0.6) is 0 Å². The van der Waals surface area contributed by atoms with Crippen molar-refractivity contribution < 1.29 is 0 Å². The molecule has 6 heteroatoms. The van der Waals surface area contributed by atoms with Crippen LogP contribution in [0.15, 0.2) is 42.5 Å². The molecule has 1 heterocycles. The van der Waals surface area contributed by atoms with Crippen molar-refractivity contribution in [2.45, 2.75) is 13.5 Å².